The van der Waals surface area contributed by atoms with Gasteiger partial charge in [0, 0.05) is 6.04 Å². The quantitative estimate of drug-likeness (QED) is 0.800. The lowest BCUT2D eigenvalue weighted by Crippen LogP contribution is -2.42. The van der Waals surface area contributed by atoms with E-state index in [1.54, 1.807) is 6.07 Å². The molecule has 0 saturated heterocycles. The van der Waals surface area contributed by atoms with Gasteiger partial charge in [-0.25, -0.2) is 4.39 Å². The van der Waals surface area contributed by atoms with E-state index in [-0.39, 0.29) is 5.82 Å². The van der Waals surface area contributed by atoms with Crippen molar-refractivity contribution in [2.24, 2.45) is 11.3 Å². The van der Waals surface area contributed by atoms with Gasteiger partial charge in [-0.1, -0.05) is 33.3 Å². The van der Waals surface area contributed by atoms with Crippen LogP contribution in [0.2, 0.25) is 0 Å². The van der Waals surface area contributed by atoms with E-state index < -0.39 is 0 Å². The van der Waals surface area contributed by atoms with Gasteiger partial charge in [-0.2, -0.15) is 0 Å². The van der Waals surface area contributed by atoms with Crippen molar-refractivity contribution in [3.63, 3.8) is 0 Å². The first-order valence-corrected chi connectivity index (χ1v) is 8.40. The van der Waals surface area contributed by atoms with Gasteiger partial charge in [0.25, 0.3) is 0 Å². The summed E-state index contributed by atoms with van der Waals surface area (Å²) < 4.78 is 13.9. The number of rotatable bonds is 5. The Bertz CT molecular complexity index is 458. The van der Waals surface area contributed by atoms with Gasteiger partial charge in [0.05, 0.1) is 4.47 Å². The van der Waals surface area contributed by atoms with E-state index in [0.717, 1.165) is 13.0 Å². The summed E-state index contributed by atoms with van der Waals surface area (Å²) >= 11 is 3.29. The van der Waals surface area contributed by atoms with Crippen LogP contribution < -0.4 is 5.32 Å². The Labute approximate surface area is 130 Å². The summed E-state index contributed by atoms with van der Waals surface area (Å²) in [5.74, 6) is 0.515. The third kappa shape index (κ3) is 3.62. The lowest BCUT2D eigenvalue weighted by atomic mass is 9.76. The molecule has 1 aromatic rings. The molecule has 3 heteroatoms. The summed E-state index contributed by atoms with van der Waals surface area (Å²) in [5, 5.41) is 3.65. The third-order valence-corrected chi connectivity index (χ3v) is 5.34. The van der Waals surface area contributed by atoms with Crippen LogP contribution in [0.3, 0.4) is 0 Å². The highest BCUT2D eigenvalue weighted by atomic mass is 79.9. The maximum atomic E-state index is 13.3. The lowest BCUT2D eigenvalue weighted by molar-refractivity contribution is 0.197. The predicted molar refractivity (Wildman–Crippen MR) is 86.4 cm³/mol. The summed E-state index contributed by atoms with van der Waals surface area (Å²) in [4.78, 5) is 0. The molecule has 0 amide bonds. The average Bonchev–Trinajstić information content (AvgIpc) is 2.73. The minimum Gasteiger partial charge on any atom is -0.314 e. The van der Waals surface area contributed by atoms with E-state index in [2.05, 4.69) is 42.0 Å². The zero-order chi connectivity index (χ0) is 14.8. The molecular weight excluding hydrogens is 317 g/mol. The first kappa shape index (κ1) is 16.0. The largest absolute Gasteiger partial charge is 0.314 e. The maximum absolute atomic E-state index is 13.3. The van der Waals surface area contributed by atoms with Crippen molar-refractivity contribution >= 4 is 15.9 Å². The minimum atomic E-state index is -0.185. The summed E-state index contributed by atoms with van der Waals surface area (Å²) in [5.41, 5.74) is 1.61. The van der Waals surface area contributed by atoms with Gasteiger partial charge in [-0.05, 0) is 70.8 Å². The molecule has 2 atom stereocenters. The predicted octanol–water partition coefficient (Wildman–Crippen LogP) is 4.94. The van der Waals surface area contributed by atoms with Crippen LogP contribution in [0.4, 0.5) is 4.39 Å². The molecule has 0 aliphatic heterocycles. The Hall–Kier alpha value is -0.410. The molecule has 1 fully saturated rings. The average molecular weight is 342 g/mol. The van der Waals surface area contributed by atoms with Gasteiger partial charge in [0.2, 0.25) is 0 Å². The topological polar surface area (TPSA) is 12.0 Å². The molecule has 112 valence electrons. The van der Waals surface area contributed by atoms with Crippen molar-refractivity contribution in [2.75, 3.05) is 6.54 Å². The van der Waals surface area contributed by atoms with Crippen molar-refractivity contribution in [1.29, 1.82) is 0 Å². The van der Waals surface area contributed by atoms with Crippen LogP contribution >= 0.6 is 15.9 Å². The van der Waals surface area contributed by atoms with Crippen molar-refractivity contribution in [1.82, 2.24) is 5.32 Å². The highest BCUT2D eigenvalue weighted by Gasteiger charge is 2.39. The lowest BCUT2D eigenvalue weighted by Gasteiger charge is -2.35. The summed E-state index contributed by atoms with van der Waals surface area (Å²) in [6.45, 7) is 7.92. The molecular formula is C17H25BrFN. The zero-order valence-electron chi connectivity index (χ0n) is 12.7. The van der Waals surface area contributed by atoms with E-state index in [4.69, 9.17) is 0 Å². The van der Waals surface area contributed by atoms with Crippen LogP contribution in [0, 0.1) is 17.2 Å². The highest BCUT2D eigenvalue weighted by Crippen LogP contribution is 2.45. The van der Waals surface area contributed by atoms with E-state index in [9.17, 15) is 4.39 Å². The van der Waals surface area contributed by atoms with Crippen molar-refractivity contribution in [2.45, 2.75) is 52.5 Å². The van der Waals surface area contributed by atoms with E-state index in [1.807, 2.05) is 12.1 Å². The Kier molecular flexibility index (Phi) is 5.25. The van der Waals surface area contributed by atoms with Crippen molar-refractivity contribution < 1.29 is 4.39 Å². The molecule has 1 saturated carbocycles. The van der Waals surface area contributed by atoms with Gasteiger partial charge in [0.1, 0.15) is 5.82 Å². The van der Waals surface area contributed by atoms with E-state index >= 15 is 0 Å². The number of nitrogens with one attached hydrogen (secondary N) is 1. The molecule has 1 aliphatic rings. The number of hydrogen-bond donors (Lipinski definition) is 1. The molecule has 2 unspecified atom stereocenters. The summed E-state index contributed by atoms with van der Waals surface area (Å²) in [6.07, 6.45) is 4.91. The molecule has 20 heavy (non-hydrogen) atoms. The molecule has 0 bridgehead atoms. The SMILES string of the molecule is CCNC(Cc1ccc(F)c(Br)c1)C1CCCC1(C)C. The van der Waals surface area contributed by atoms with Crippen LogP contribution in [-0.4, -0.2) is 12.6 Å². The van der Waals surface area contributed by atoms with Gasteiger partial charge in [0.15, 0.2) is 0 Å². The fourth-order valence-electron chi connectivity index (χ4n) is 3.64. The molecule has 1 nitrogen and oxygen atoms in total. The zero-order valence-corrected chi connectivity index (χ0v) is 14.3. The van der Waals surface area contributed by atoms with Crippen LogP contribution in [0.25, 0.3) is 0 Å². The standard InChI is InChI=1S/C17H25BrFN/c1-4-20-16(13-6-5-9-17(13,2)3)11-12-7-8-15(19)14(18)10-12/h7-8,10,13,16,20H,4-6,9,11H2,1-3H3. The summed E-state index contributed by atoms with van der Waals surface area (Å²) in [7, 11) is 0. The number of benzene rings is 1. The molecule has 0 radical (unpaired) electrons. The Balaban J connectivity index is 2.14. The Morgan fingerprint density at radius 1 is 1.45 bits per heavy atom. The fourth-order valence-corrected chi connectivity index (χ4v) is 4.07. The molecule has 0 spiro atoms. The molecule has 0 aromatic heterocycles. The van der Waals surface area contributed by atoms with Crippen LogP contribution in [0.1, 0.15) is 45.6 Å². The van der Waals surface area contributed by atoms with Gasteiger partial charge >= 0.3 is 0 Å². The second-order valence-corrected chi connectivity index (χ2v) is 7.46. The summed E-state index contributed by atoms with van der Waals surface area (Å²) in [6, 6.07) is 5.87. The first-order chi connectivity index (χ1) is 9.44. The van der Waals surface area contributed by atoms with Gasteiger partial charge in [-0.15, -0.1) is 0 Å². The smallest absolute Gasteiger partial charge is 0.137 e. The maximum Gasteiger partial charge on any atom is 0.137 e. The van der Waals surface area contributed by atoms with Crippen LogP contribution in [0.5, 0.6) is 0 Å². The minimum absolute atomic E-state index is 0.185. The van der Waals surface area contributed by atoms with Crippen molar-refractivity contribution in [3.05, 3.63) is 34.1 Å². The van der Waals surface area contributed by atoms with Crippen LogP contribution in [-0.2, 0) is 6.42 Å². The molecule has 1 N–H and O–H groups in total. The number of likely N-dealkylation sites (N-methyl/N-ethyl adjacent to an activating group) is 1. The second-order valence-electron chi connectivity index (χ2n) is 6.60. The Morgan fingerprint density at radius 3 is 2.75 bits per heavy atom. The molecule has 2 rings (SSSR count). The van der Waals surface area contributed by atoms with Crippen molar-refractivity contribution in [3.8, 4) is 0 Å². The normalized spacial score (nSPS) is 22.9. The molecule has 0 heterocycles. The third-order valence-electron chi connectivity index (χ3n) is 4.73. The number of halogens is 2. The van der Waals surface area contributed by atoms with Gasteiger partial charge < -0.3 is 5.32 Å². The fraction of sp³-hybridized carbons (Fsp3) is 0.647. The van der Waals surface area contributed by atoms with E-state index in [0.29, 0.717) is 21.8 Å². The molecule has 1 aliphatic carbocycles. The molecule has 1 aromatic carbocycles. The first-order valence-electron chi connectivity index (χ1n) is 7.61. The van der Waals surface area contributed by atoms with E-state index in [1.165, 1.54) is 24.8 Å². The van der Waals surface area contributed by atoms with Crippen LogP contribution in [0.15, 0.2) is 22.7 Å². The highest BCUT2D eigenvalue weighted by molar-refractivity contribution is 9.10. The Morgan fingerprint density at radius 2 is 2.20 bits per heavy atom. The second kappa shape index (κ2) is 6.57. The monoisotopic (exact) mass is 341 g/mol. The van der Waals surface area contributed by atoms with Gasteiger partial charge in [-0.3, -0.25) is 0 Å². The number of hydrogen-bond acceptors (Lipinski definition) is 1.